The number of hydrogen-bond acceptors (Lipinski definition) is 7. The van der Waals surface area contributed by atoms with Crippen molar-refractivity contribution in [1.82, 2.24) is 15.3 Å². The molecule has 1 aliphatic rings. The third-order valence-electron chi connectivity index (χ3n) is 5.12. The minimum Gasteiger partial charge on any atom is -0.493 e. The zero-order valence-corrected chi connectivity index (χ0v) is 17.2. The van der Waals surface area contributed by atoms with Crippen LogP contribution in [0.1, 0.15) is 19.8 Å². The van der Waals surface area contributed by atoms with Crippen LogP contribution < -0.4 is 14.8 Å². The van der Waals surface area contributed by atoms with Crippen LogP contribution in [-0.2, 0) is 9.84 Å². The molecule has 0 spiro atoms. The number of halogens is 1. The maximum absolute atomic E-state index is 12.3. The quantitative estimate of drug-likeness (QED) is 0.727. The largest absolute Gasteiger partial charge is 0.493 e. The van der Waals surface area contributed by atoms with E-state index < -0.39 is 21.2 Å². The summed E-state index contributed by atoms with van der Waals surface area (Å²) in [5.41, 5.74) is 0.613. The molecule has 0 radical (unpaired) electrons. The molecule has 1 aliphatic heterocycles. The Labute approximate surface area is 164 Å². The zero-order valence-electron chi connectivity index (χ0n) is 15.6. The van der Waals surface area contributed by atoms with Gasteiger partial charge in [0.15, 0.2) is 21.3 Å². The van der Waals surface area contributed by atoms with Crippen LogP contribution in [0.5, 0.6) is 11.5 Å². The number of sulfone groups is 1. The van der Waals surface area contributed by atoms with Gasteiger partial charge < -0.3 is 14.8 Å². The molecule has 0 aliphatic carbocycles. The minimum atomic E-state index is -3.27. The van der Waals surface area contributed by atoms with Gasteiger partial charge in [0.25, 0.3) is 0 Å². The predicted octanol–water partition coefficient (Wildman–Crippen LogP) is 2.47. The summed E-state index contributed by atoms with van der Waals surface area (Å²) in [5, 5.41) is 3.63. The Bertz CT molecular complexity index is 916. The SMILES string of the molecule is COc1cc2c(Cl)ncnc2cc1OC(C1CCNCC1)C(C)S(C)(=O)=O. The van der Waals surface area contributed by atoms with Crippen molar-refractivity contribution in [3.05, 3.63) is 23.6 Å². The number of aromatic nitrogens is 2. The Morgan fingerprint density at radius 2 is 1.93 bits per heavy atom. The Morgan fingerprint density at radius 3 is 2.56 bits per heavy atom. The molecule has 0 amide bonds. The molecule has 148 valence electrons. The van der Waals surface area contributed by atoms with Gasteiger partial charge in [0.05, 0.1) is 17.9 Å². The second-order valence-corrected chi connectivity index (χ2v) is 9.65. The van der Waals surface area contributed by atoms with Crippen molar-refractivity contribution in [3.8, 4) is 11.5 Å². The Hall–Kier alpha value is -1.64. The topological polar surface area (TPSA) is 90.4 Å². The first kappa shape index (κ1) is 20.1. The van der Waals surface area contributed by atoms with Gasteiger partial charge in [0.1, 0.15) is 17.6 Å². The van der Waals surface area contributed by atoms with Crippen molar-refractivity contribution < 1.29 is 17.9 Å². The van der Waals surface area contributed by atoms with Crippen LogP contribution >= 0.6 is 11.6 Å². The van der Waals surface area contributed by atoms with Gasteiger partial charge in [-0.2, -0.15) is 0 Å². The molecule has 9 heteroatoms. The molecule has 7 nitrogen and oxygen atoms in total. The van der Waals surface area contributed by atoms with E-state index in [-0.39, 0.29) is 5.92 Å². The van der Waals surface area contributed by atoms with Crippen molar-refractivity contribution in [2.75, 3.05) is 26.5 Å². The summed E-state index contributed by atoms with van der Waals surface area (Å²) in [6, 6.07) is 3.45. The van der Waals surface area contributed by atoms with Gasteiger partial charge in [-0.15, -0.1) is 0 Å². The highest BCUT2D eigenvalue weighted by molar-refractivity contribution is 7.91. The van der Waals surface area contributed by atoms with Crippen LogP contribution in [0.3, 0.4) is 0 Å². The average Bonchev–Trinajstić information content (AvgIpc) is 2.65. The van der Waals surface area contributed by atoms with Crippen LogP contribution in [0.15, 0.2) is 18.5 Å². The van der Waals surface area contributed by atoms with Crippen molar-refractivity contribution in [2.24, 2.45) is 5.92 Å². The number of ether oxygens (including phenoxy) is 2. The lowest BCUT2D eigenvalue weighted by Gasteiger charge is -2.34. The Balaban J connectivity index is 2.01. The summed E-state index contributed by atoms with van der Waals surface area (Å²) < 4.78 is 36.2. The first-order valence-electron chi connectivity index (χ1n) is 8.85. The lowest BCUT2D eigenvalue weighted by Crippen LogP contribution is -2.45. The molecule has 27 heavy (non-hydrogen) atoms. The van der Waals surface area contributed by atoms with Crippen LogP contribution in [0.2, 0.25) is 5.15 Å². The molecule has 0 bridgehead atoms. The average molecular weight is 414 g/mol. The van der Waals surface area contributed by atoms with Crippen LogP contribution in [0, 0.1) is 5.92 Å². The molecule has 0 saturated carbocycles. The Morgan fingerprint density at radius 1 is 1.22 bits per heavy atom. The monoisotopic (exact) mass is 413 g/mol. The predicted molar refractivity (Wildman–Crippen MR) is 105 cm³/mol. The number of nitrogens with one attached hydrogen (secondary N) is 1. The van der Waals surface area contributed by atoms with E-state index in [2.05, 4.69) is 15.3 Å². The number of piperidine rings is 1. The van der Waals surface area contributed by atoms with Crippen molar-refractivity contribution >= 4 is 32.3 Å². The van der Waals surface area contributed by atoms with Gasteiger partial charge in [-0.1, -0.05) is 11.6 Å². The summed E-state index contributed by atoms with van der Waals surface area (Å²) in [7, 11) is -1.74. The van der Waals surface area contributed by atoms with Gasteiger partial charge in [0.2, 0.25) is 0 Å². The highest BCUT2D eigenvalue weighted by atomic mass is 35.5. The molecule has 3 rings (SSSR count). The van der Waals surface area contributed by atoms with Gasteiger partial charge in [-0.05, 0) is 44.8 Å². The third kappa shape index (κ3) is 4.44. The van der Waals surface area contributed by atoms with Crippen molar-refractivity contribution in [1.29, 1.82) is 0 Å². The van der Waals surface area contributed by atoms with E-state index in [1.165, 1.54) is 19.7 Å². The molecule has 1 fully saturated rings. The minimum absolute atomic E-state index is 0.130. The molecule has 2 unspecified atom stereocenters. The second kappa shape index (κ2) is 8.16. The molecule has 1 aromatic heterocycles. The standard InChI is InChI=1S/C18H24ClN3O4S/c1-11(27(3,23)24)17(12-4-6-20-7-5-12)26-16-9-14-13(8-15(16)25-2)18(19)22-10-21-14/h8-12,17,20H,4-7H2,1-3H3. The van der Waals surface area contributed by atoms with Crippen LogP contribution in [0.4, 0.5) is 0 Å². The summed E-state index contributed by atoms with van der Waals surface area (Å²) in [5.74, 6) is 1.06. The van der Waals surface area contributed by atoms with Crippen LogP contribution in [-0.4, -0.2) is 56.2 Å². The fraction of sp³-hybridized carbons (Fsp3) is 0.556. The summed E-state index contributed by atoms with van der Waals surface area (Å²) in [6.07, 6.45) is 3.86. The first-order chi connectivity index (χ1) is 12.8. The molecule has 1 N–H and O–H groups in total. The van der Waals surface area contributed by atoms with Gasteiger partial charge >= 0.3 is 0 Å². The maximum Gasteiger partial charge on any atom is 0.163 e. The summed E-state index contributed by atoms with van der Waals surface area (Å²) in [6.45, 7) is 3.39. The summed E-state index contributed by atoms with van der Waals surface area (Å²) >= 11 is 6.14. The van der Waals surface area contributed by atoms with E-state index in [4.69, 9.17) is 21.1 Å². The fourth-order valence-electron chi connectivity index (χ4n) is 3.42. The van der Waals surface area contributed by atoms with E-state index in [9.17, 15) is 8.42 Å². The highest BCUT2D eigenvalue weighted by Crippen LogP contribution is 2.36. The van der Waals surface area contributed by atoms with Crippen molar-refractivity contribution in [2.45, 2.75) is 31.1 Å². The fourth-order valence-corrected chi connectivity index (χ4v) is 4.38. The van der Waals surface area contributed by atoms with Crippen LogP contribution in [0.25, 0.3) is 10.9 Å². The third-order valence-corrected chi connectivity index (χ3v) is 7.04. The molecular weight excluding hydrogens is 390 g/mol. The van der Waals surface area contributed by atoms with E-state index in [1.807, 2.05) is 0 Å². The molecule has 1 saturated heterocycles. The van der Waals surface area contributed by atoms with Gasteiger partial charge in [-0.25, -0.2) is 18.4 Å². The molecular formula is C18H24ClN3O4S. The van der Waals surface area contributed by atoms with E-state index in [1.54, 1.807) is 19.1 Å². The van der Waals surface area contributed by atoms with Gasteiger partial charge in [-0.3, -0.25) is 0 Å². The number of rotatable bonds is 6. The smallest absolute Gasteiger partial charge is 0.163 e. The molecule has 2 atom stereocenters. The number of methoxy groups -OCH3 is 1. The van der Waals surface area contributed by atoms with E-state index in [0.717, 1.165) is 25.9 Å². The van der Waals surface area contributed by atoms with E-state index >= 15 is 0 Å². The number of fused-ring (bicyclic) bond motifs is 1. The van der Waals surface area contributed by atoms with Gasteiger partial charge in [0, 0.05) is 17.7 Å². The van der Waals surface area contributed by atoms with Crippen molar-refractivity contribution in [3.63, 3.8) is 0 Å². The number of benzene rings is 1. The molecule has 2 heterocycles. The zero-order chi connectivity index (χ0) is 19.6. The maximum atomic E-state index is 12.3. The first-order valence-corrected chi connectivity index (χ1v) is 11.2. The number of nitrogens with zero attached hydrogens (tertiary/aromatic N) is 2. The summed E-state index contributed by atoms with van der Waals surface area (Å²) in [4.78, 5) is 8.21. The van der Waals surface area contributed by atoms with E-state index in [0.29, 0.717) is 27.6 Å². The second-order valence-electron chi connectivity index (χ2n) is 6.89. The molecule has 1 aromatic carbocycles. The Kier molecular flexibility index (Phi) is 6.08. The number of hydrogen-bond donors (Lipinski definition) is 1. The lowest BCUT2D eigenvalue weighted by molar-refractivity contribution is 0.107. The molecule has 2 aromatic rings. The normalized spacial score (nSPS) is 18.2. The lowest BCUT2D eigenvalue weighted by atomic mass is 9.90. The highest BCUT2D eigenvalue weighted by Gasteiger charge is 2.36.